The van der Waals surface area contributed by atoms with Gasteiger partial charge in [0.15, 0.2) is 0 Å². The average molecular weight is 315 g/mol. The van der Waals surface area contributed by atoms with Gasteiger partial charge in [-0.25, -0.2) is 0 Å². The number of rotatable bonds is 7. The number of aryl methyl sites for hydroxylation is 1. The van der Waals surface area contributed by atoms with E-state index in [2.05, 4.69) is 15.9 Å². The van der Waals surface area contributed by atoms with Crippen LogP contribution in [0.5, 0.6) is 11.5 Å². The molecule has 0 aliphatic heterocycles. The molecule has 1 rings (SSSR count). The summed E-state index contributed by atoms with van der Waals surface area (Å²) < 4.78 is 5.81. The Morgan fingerprint density at radius 3 is 2.39 bits per heavy atom. The first-order valence-corrected chi connectivity index (χ1v) is 7.68. The van der Waals surface area contributed by atoms with Crippen LogP contribution < -0.4 is 4.74 Å². The Balaban J connectivity index is 2.48. The summed E-state index contributed by atoms with van der Waals surface area (Å²) in [5.41, 5.74) is 2.84. The molecule has 1 aromatic rings. The van der Waals surface area contributed by atoms with Crippen LogP contribution in [0.25, 0.3) is 0 Å². The van der Waals surface area contributed by atoms with E-state index in [1.165, 1.54) is 19.3 Å². The van der Waals surface area contributed by atoms with Crippen molar-refractivity contribution in [1.82, 2.24) is 0 Å². The number of phenols is 1. The lowest BCUT2D eigenvalue weighted by Crippen LogP contribution is -2.01. The fraction of sp³-hybridized carbons (Fsp3) is 0.600. The van der Waals surface area contributed by atoms with E-state index in [-0.39, 0.29) is 0 Å². The van der Waals surface area contributed by atoms with E-state index in [1.54, 1.807) is 0 Å². The van der Waals surface area contributed by atoms with Crippen LogP contribution in [0.1, 0.15) is 42.4 Å². The summed E-state index contributed by atoms with van der Waals surface area (Å²) in [7, 11) is 0. The summed E-state index contributed by atoms with van der Waals surface area (Å²) in [5, 5.41) is 10.9. The van der Waals surface area contributed by atoms with E-state index in [9.17, 15) is 5.11 Å². The summed E-state index contributed by atoms with van der Waals surface area (Å²) >= 11 is 3.43. The van der Waals surface area contributed by atoms with Crippen molar-refractivity contribution in [3.05, 3.63) is 22.8 Å². The van der Waals surface area contributed by atoms with Gasteiger partial charge in [0, 0.05) is 5.33 Å². The number of ether oxygens (including phenoxy) is 1. The molecule has 102 valence electrons. The number of halogens is 1. The van der Waals surface area contributed by atoms with Crippen molar-refractivity contribution in [3.63, 3.8) is 0 Å². The second kappa shape index (κ2) is 7.67. The third-order valence-electron chi connectivity index (χ3n) is 3.29. The Labute approximate surface area is 118 Å². The molecule has 1 N–H and O–H groups in total. The molecule has 3 heteroatoms. The highest BCUT2D eigenvalue weighted by Crippen LogP contribution is 2.32. The number of unbranched alkanes of at least 4 members (excludes halogenated alkanes) is 3. The van der Waals surface area contributed by atoms with Gasteiger partial charge in [-0.3, -0.25) is 0 Å². The minimum absolute atomic E-state index is 0.386. The average Bonchev–Trinajstić information content (AvgIpc) is 2.37. The van der Waals surface area contributed by atoms with Gasteiger partial charge in [0.2, 0.25) is 0 Å². The van der Waals surface area contributed by atoms with E-state index in [0.29, 0.717) is 5.75 Å². The van der Waals surface area contributed by atoms with Gasteiger partial charge >= 0.3 is 0 Å². The van der Waals surface area contributed by atoms with Gasteiger partial charge in [0.25, 0.3) is 0 Å². The van der Waals surface area contributed by atoms with Gasteiger partial charge in [-0.1, -0.05) is 28.8 Å². The SMILES string of the molecule is Cc1cc(OCCCCCCBr)c(C)c(C)c1O. The molecule has 0 heterocycles. The third kappa shape index (κ3) is 4.20. The normalized spacial score (nSPS) is 10.7. The summed E-state index contributed by atoms with van der Waals surface area (Å²) in [5.74, 6) is 1.29. The largest absolute Gasteiger partial charge is 0.507 e. The Morgan fingerprint density at radius 1 is 1.06 bits per heavy atom. The zero-order chi connectivity index (χ0) is 13.5. The number of aromatic hydroxyl groups is 1. The molecule has 0 aliphatic rings. The first-order valence-electron chi connectivity index (χ1n) is 6.56. The molecule has 0 amide bonds. The highest BCUT2D eigenvalue weighted by atomic mass is 79.9. The van der Waals surface area contributed by atoms with Gasteiger partial charge in [-0.05, 0) is 56.4 Å². The molecule has 0 saturated carbocycles. The van der Waals surface area contributed by atoms with Crippen molar-refractivity contribution in [2.45, 2.75) is 46.5 Å². The lowest BCUT2D eigenvalue weighted by Gasteiger charge is -2.14. The van der Waals surface area contributed by atoms with Gasteiger partial charge in [0.1, 0.15) is 11.5 Å². The van der Waals surface area contributed by atoms with Crippen molar-refractivity contribution in [2.24, 2.45) is 0 Å². The van der Waals surface area contributed by atoms with Crippen LogP contribution in [0.4, 0.5) is 0 Å². The maximum atomic E-state index is 9.82. The van der Waals surface area contributed by atoms with Crippen LogP contribution in [-0.4, -0.2) is 17.0 Å². The monoisotopic (exact) mass is 314 g/mol. The van der Waals surface area contributed by atoms with Gasteiger partial charge in [0.05, 0.1) is 6.61 Å². The molecular formula is C15H23BrO2. The van der Waals surface area contributed by atoms with E-state index in [1.807, 2.05) is 26.8 Å². The zero-order valence-corrected chi connectivity index (χ0v) is 13.1. The lowest BCUT2D eigenvalue weighted by molar-refractivity contribution is 0.302. The molecule has 0 atom stereocenters. The van der Waals surface area contributed by atoms with Gasteiger partial charge < -0.3 is 9.84 Å². The molecule has 0 unspecified atom stereocenters. The van der Waals surface area contributed by atoms with Crippen molar-refractivity contribution in [2.75, 3.05) is 11.9 Å². The molecule has 1 aromatic carbocycles. The first kappa shape index (κ1) is 15.4. The first-order chi connectivity index (χ1) is 8.57. The second-order valence-electron chi connectivity index (χ2n) is 4.74. The predicted molar refractivity (Wildman–Crippen MR) is 80.1 cm³/mol. The minimum atomic E-state index is 0.386. The lowest BCUT2D eigenvalue weighted by atomic mass is 10.0. The van der Waals surface area contributed by atoms with E-state index in [4.69, 9.17) is 4.74 Å². The second-order valence-corrected chi connectivity index (χ2v) is 5.53. The van der Waals surface area contributed by atoms with Crippen LogP contribution in [0.15, 0.2) is 6.07 Å². The predicted octanol–water partition coefficient (Wildman–Crippen LogP) is 4.65. The molecule has 2 nitrogen and oxygen atoms in total. The molecule has 18 heavy (non-hydrogen) atoms. The van der Waals surface area contributed by atoms with Crippen LogP contribution in [0.3, 0.4) is 0 Å². The topological polar surface area (TPSA) is 29.5 Å². The summed E-state index contributed by atoms with van der Waals surface area (Å²) in [6, 6.07) is 1.93. The van der Waals surface area contributed by atoms with Crippen LogP contribution in [-0.2, 0) is 0 Å². The molecule has 0 aromatic heterocycles. The highest BCUT2D eigenvalue weighted by molar-refractivity contribution is 9.09. The molecule has 0 bridgehead atoms. The van der Waals surface area contributed by atoms with Crippen LogP contribution in [0.2, 0.25) is 0 Å². The van der Waals surface area contributed by atoms with Crippen molar-refractivity contribution in [1.29, 1.82) is 0 Å². The maximum Gasteiger partial charge on any atom is 0.122 e. The fourth-order valence-corrected chi connectivity index (χ4v) is 2.31. The van der Waals surface area contributed by atoms with Crippen molar-refractivity contribution < 1.29 is 9.84 Å². The maximum absolute atomic E-state index is 9.82. The Hall–Kier alpha value is -0.700. The van der Waals surface area contributed by atoms with Crippen LogP contribution >= 0.6 is 15.9 Å². The fourth-order valence-electron chi connectivity index (χ4n) is 1.91. The smallest absolute Gasteiger partial charge is 0.122 e. The van der Waals surface area contributed by atoms with Crippen molar-refractivity contribution in [3.8, 4) is 11.5 Å². The molecule has 0 saturated heterocycles. The Morgan fingerprint density at radius 2 is 1.72 bits per heavy atom. The highest BCUT2D eigenvalue weighted by Gasteiger charge is 2.09. The molecule has 0 fully saturated rings. The summed E-state index contributed by atoms with van der Waals surface area (Å²) in [6.45, 7) is 6.59. The van der Waals surface area contributed by atoms with E-state index >= 15 is 0 Å². The summed E-state index contributed by atoms with van der Waals surface area (Å²) in [4.78, 5) is 0. The number of alkyl halides is 1. The zero-order valence-electron chi connectivity index (χ0n) is 11.6. The standard InChI is InChI=1S/C15H23BrO2/c1-11-10-14(12(2)13(3)15(11)17)18-9-7-5-4-6-8-16/h10,17H,4-9H2,1-3H3. The van der Waals surface area contributed by atoms with Gasteiger partial charge in [-0.2, -0.15) is 0 Å². The molecule has 0 aliphatic carbocycles. The molecule has 0 spiro atoms. The molecular weight excluding hydrogens is 292 g/mol. The van der Waals surface area contributed by atoms with E-state index < -0.39 is 0 Å². The minimum Gasteiger partial charge on any atom is -0.507 e. The number of benzene rings is 1. The molecule has 0 radical (unpaired) electrons. The van der Waals surface area contributed by atoms with Gasteiger partial charge in [-0.15, -0.1) is 0 Å². The van der Waals surface area contributed by atoms with Crippen LogP contribution in [0, 0.1) is 20.8 Å². The summed E-state index contributed by atoms with van der Waals surface area (Å²) in [6.07, 6.45) is 4.78. The number of hydrogen-bond acceptors (Lipinski definition) is 2. The number of hydrogen-bond donors (Lipinski definition) is 1. The number of phenolic OH excluding ortho intramolecular Hbond substituents is 1. The van der Waals surface area contributed by atoms with E-state index in [0.717, 1.165) is 40.8 Å². The Kier molecular flexibility index (Phi) is 6.55. The van der Waals surface area contributed by atoms with Crippen molar-refractivity contribution >= 4 is 15.9 Å². The Bertz CT molecular complexity index is 389. The third-order valence-corrected chi connectivity index (χ3v) is 3.85. The quantitative estimate of drug-likeness (QED) is 0.586.